The third-order valence-corrected chi connectivity index (χ3v) is 6.80. The zero-order valence-electron chi connectivity index (χ0n) is 20.9. The molecule has 4 heteroatoms. The number of benzene rings is 1. The molecule has 0 saturated carbocycles. The zero-order valence-corrected chi connectivity index (χ0v) is 20.9. The molecule has 0 unspecified atom stereocenters. The van der Waals surface area contributed by atoms with Gasteiger partial charge < -0.3 is 19.6 Å². The van der Waals surface area contributed by atoms with Crippen molar-refractivity contribution in [3.63, 3.8) is 0 Å². The lowest BCUT2D eigenvalue weighted by Gasteiger charge is -2.49. The Bertz CT molecular complexity index is 659. The molecule has 0 fully saturated rings. The van der Waals surface area contributed by atoms with Gasteiger partial charge in [-0.25, -0.2) is 0 Å². The topological polar surface area (TPSA) is 13.0 Å². The first-order valence-electron chi connectivity index (χ1n) is 12.2. The molecular weight excluding hydrogens is 380 g/mol. The molecule has 2 aliphatic rings. The molecule has 3 rings (SSSR count). The summed E-state index contributed by atoms with van der Waals surface area (Å²) in [4.78, 5) is 10.4. The predicted molar refractivity (Wildman–Crippen MR) is 132 cm³/mol. The van der Waals surface area contributed by atoms with Crippen molar-refractivity contribution in [1.29, 1.82) is 0 Å². The van der Waals surface area contributed by atoms with Crippen molar-refractivity contribution < 1.29 is 0 Å². The van der Waals surface area contributed by atoms with E-state index in [1.54, 1.807) is 0 Å². The third kappa shape index (κ3) is 5.05. The second kappa shape index (κ2) is 10.0. The summed E-state index contributed by atoms with van der Waals surface area (Å²) in [6.07, 6.45) is 12.3. The minimum absolute atomic E-state index is 0.358. The van der Waals surface area contributed by atoms with E-state index in [2.05, 4.69) is 130 Å². The SMILES string of the molecule is CC(C)N1C=CN(C(C)C)C1C(CCc1ccccc1)C1N(C(C)C)C=CN1C(C)C. The normalized spacial score (nSPS) is 18.0. The van der Waals surface area contributed by atoms with Crippen LogP contribution in [0.15, 0.2) is 55.1 Å². The monoisotopic (exact) mass is 424 g/mol. The number of aryl methyl sites for hydroxylation is 1. The van der Waals surface area contributed by atoms with Crippen molar-refractivity contribution in [3.8, 4) is 0 Å². The number of nitrogens with zero attached hydrogens (tertiary/aromatic N) is 4. The Morgan fingerprint density at radius 2 is 0.935 bits per heavy atom. The van der Waals surface area contributed by atoms with Crippen molar-refractivity contribution in [2.24, 2.45) is 5.92 Å². The van der Waals surface area contributed by atoms with Gasteiger partial charge in [0, 0.05) is 54.9 Å². The highest BCUT2D eigenvalue weighted by Gasteiger charge is 2.45. The van der Waals surface area contributed by atoms with Crippen LogP contribution in [0.5, 0.6) is 0 Å². The van der Waals surface area contributed by atoms with Gasteiger partial charge in [-0.15, -0.1) is 0 Å². The summed E-state index contributed by atoms with van der Waals surface area (Å²) in [6.45, 7) is 18.6. The molecule has 1 aromatic rings. The van der Waals surface area contributed by atoms with E-state index in [4.69, 9.17) is 0 Å². The van der Waals surface area contributed by atoms with Crippen molar-refractivity contribution in [3.05, 3.63) is 60.7 Å². The molecule has 0 atom stereocenters. The van der Waals surface area contributed by atoms with Crippen LogP contribution in [0.4, 0.5) is 0 Å². The average Bonchev–Trinajstić information content (AvgIpc) is 3.34. The van der Waals surface area contributed by atoms with Crippen LogP contribution < -0.4 is 0 Å². The summed E-state index contributed by atoms with van der Waals surface area (Å²) in [5.41, 5.74) is 1.43. The fraction of sp³-hybridized carbons (Fsp3) is 0.630. The van der Waals surface area contributed by atoms with Crippen LogP contribution >= 0.6 is 0 Å². The van der Waals surface area contributed by atoms with Crippen LogP contribution in [-0.4, -0.2) is 56.1 Å². The van der Waals surface area contributed by atoms with E-state index in [0.717, 1.165) is 12.8 Å². The van der Waals surface area contributed by atoms with Gasteiger partial charge in [0.05, 0.1) is 0 Å². The molecule has 2 aliphatic heterocycles. The number of hydrogen-bond donors (Lipinski definition) is 0. The highest BCUT2D eigenvalue weighted by atomic mass is 15.5. The van der Waals surface area contributed by atoms with Gasteiger partial charge in [-0.2, -0.15) is 0 Å². The van der Waals surface area contributed by atoms with E-state index in [9.17, 15) is 0 Å². The molecule has 172 valence electrons. The average molecular weight is 425 g/mol. The molecule has 4 nitrogen and oxygen atoms in total. The first kappa shape index (κ1) is 23.6. The van der Waals surface area contributed by atoms with Gasteiger partial charge in [0.2, 0.25) is 0 Å². The Balaban J connectivity index is 2.00. The van der Waals surface area contributed by atoms with Gasteiger partial charge in [0.1, 0.15) is 12.3 Å². The van der Waals surface area contributed by atoms with Crippen LogP contribution in [0.1, 0.15) is 67.4 Å². The Morgan fingerprint density at radius 1 is 0.581 bits per heavy atom. The molecule has 31 heavy (non-hydrogen) atoms. The van der Waals surface area contributed by atoms with Crippen LogP contribution in [0.2, 0.25) is 0 Å². The summed E-state index contributed by atoms with van der Waals surface area (Å²) in [7, 11) is 0. The Morgan fingerprint density at radius 3 is 1.26 bits per heavy atom. The summed E-state index contributed by atoms with van der Waals surface area (Å²) in [5, 5.41) is 0. The standard InChI is InChI=1S/C27H44N4/c1-20(2)28-16-17-29(21(3)4)26(28)25(15-14-24-12-10-9-11-13-24)27-30(22(5)6)18-19-31(27)23(7)8/h9-13,16-23,25-27H,14-15H2,1-8H3. The van der Waals surface area contributed by atoms with E-state index in [1.165, 1.54) is 5.56 Å². The van der Waals surface area contributed by atoms with Crippen LogP contribution in [0.25, 0.3) is 0 Å². The van der Waals surface area contributed by atoms with E-state index in [-0.39, 0.29) is 0 Å². The third-order valence-electron chi connectivity index (χ3n) is 6.80. The van der Waals surface area contributed by atoms with E-state index in [0.29, 0.717) is 42.4 Å². The molecule has 0 N–H and O–H groups in total. The Hall–Kier alpha value is -2.10. The Kier molecular flexibility index (Phi) is 7.61. The summed E-state index contributed by atoms with van der Waals surface area (Å²) < 4.78 is 0. The quantitative estimate of drug-likeness (QED) is 0.504. The Labute approximate surface area is 191 Å². The van der Waals surface area contributed by atoms with E-state index >= 15 is 0 Å². The molecule has 0 radical (unpaired) electrons. The maximum absolute atomic E-state index is 2.59. The lowest BCUT2D eigenvalue weighted by Crippen LogP contribution is -2.59. The molecule has 0 spiro atoms. The second-order valence-electron chi connectivity index (χ2n) is 10.3. The highest BCUT2D eigenvalue weighted by Crippen LogP contribution is 2.38. The minimum atomic E-state index is 0.358. The fourth-order valence-corrected chi connectivity index (χ4v) is 5.19. The van der Waals surface area contributed by atoms with Gasteiger partial charge in [-0.3, -0.25) is 0 Å². The van der Waals surface area contributed by atoms with Crippen molar-refractivity contribution >= 4 is 0 Å². The van der Waals surface area contributed by atoms with Crippen molar-refractivity contribution in [2.75, 3.05) is 0 Å². The molecule has 2 heterocycles. The largest absolute Gasteiger partial charge is 0.353 e. The van der Waals surface area contributed by atoms with Gasteiger partial charge in [0.25, 0.3) is 0 Å². The predicted octanol–water partition coefficient (Wildman–Crippen LogP) is 5.70. The minimum Gasteiger partial charge on any atom is -0.353 e. The molecule has 0 amide bonds. The molecular formula is C27H44N4. The molecule has 1 aromatic carbocycles. The molecule has 0 saturated heterocycles. The maximum Gasteiger partial charge on any atom is 0.108 e. The van der Waals surface area contributed by atoms with Crippen LogP contribution in [0, 0.1) is 5.92 Å². The van der Waals surface area contributed by atoms with Gasteiger partial charge >= 0.3 is 0 Å². The first-order chi connectivity index (χ1) is 14.7. The zero-order chi connectivity index (χ0) is 22.7. The smallest absolute Gasteiger partial charge is 0.108 e. The van der Waals surface area contributed by atoms with E-state index in [1.807, 2.05) is 0 Å². The van der Waals surface area contributed by atoms with Gasteiger partial charge in [-0.05, 0) is 73.8 Å². The van der Waals surface area contributed by atoms with Crippen LogP contribution in [0.3, 0.4) is 0 Å². The lowest BCUT2D eigenvalue weighted by atomic mass is 9.89. The van der Waals surface area contributed by atoms with Crippen LogP contribution in [-0.2, 0) is 6.42 Å². The van der Waals surface area contributed by atoms with Gasteiger partial charge in [0.15, 0.2) is 0 Å². The van der Waals surface area contributed by atoms with E-state index < -0.39 is 0 Å². The van der Waals surface area contributed by atoms with Crippen molar-refractivity contribution in [2.45, 2.75) is 105 Å². The summed E-state index contributed by atoms with van der Waals surface area (Å²) >= 11 is 0. The highest BCUT2D eigenvalue weighted by molar-refractivity contribution is 5.16. The van der Waals surface area contributed by atoms with Gasteiger partial charge in [-0.1, -0.05) is 30.3 Å². The van der Waals surface area contributed by atoms with Crippen molar-refractivity contribution in [1.82, 2.24) is 19.6 Å². The lowest BCUT2D eigenvalue weighted by molar-refractivity contribution is -0.0347. The molecule has 0 aromatic heterocycles. The first-order valence-corrected chi connectivity index (χ1v) is 12.2. The summed E-state index contributed by atoms with van der Waals surface area (Å²) in [6, 6.07) is 12.9. The number of hydrogen-bond acceptors (Lipinski definition) is 4. The molecule has 0 bridgehead atoms. The fourth-order valence-electron chi connectivity index (χ4n) is 5.19. The second-order valence-corrected chi connectivity index (χ2v) is 10.3. The number of rotatable bonds is 9. The molecule has 0 aliphatic carbocycles. The summed E-state index contributed by atoms with van der Waals surface area (Å²) in [5.74, 6) is 0.472. The maximum atomic E-state index is 2.59.